The Morgan fingerprint density at radius 2 is 2.00 bits per heavy atom. The second kappa shape index (κ2) is 6.50. The van der Waals surface area contributed by atoms with Crippen molar-refractivity contribution < 1.29 is 9.53 Å². The van der Waals surface area contributed by atoms with E-state index in [1.54, 1.807) is 18.3 Å². The minimum absolute atomic E-state index is 0.236. The molecule has 1 aromatic heterocycles. The van der Waals surface area contributed by atoms with E-state index in [2.05, 4.69) is 34.3 Å². The molecule has 0 bridgehead atoms. The van der Waals surface area contributed by atoms with Gasteiger partial charge in [0.1, 0.15) is 6.04 Å². The summed E-state index contributed by atoms with van der Waals surface area (Å²) in [6.45, 7) is 2.48. The van der Waals surface area contributed by atoms with Gasteiger partial charge in [-0.05, 0) is 24.6 Å². The van der Waals surface area contributed by atoms with E-state index in [1.165, 1.54) is 22.4 Å². The van der Waals surface area contributed by atoms with Gasteiger partial charge in [0.25, 0.3) is 0 Å². The SMILES string of the molecule is COC(=O)C(C)NCc1ccc(-c2ccccc2)s1. The monoisotopic (exact) mass is 275 g/mol. The Kier molecular flexibility index (Phi) is 4.71. The molecule has 0 spiro atoms. The fourth-order valence-corrected chi connectivity index (χ4v) is 2.71. The summed E-state index contributed by atoms with van der Waals surface area (Å²) in [6, 6.07) is 14.2. The first-order valence-electron chi connectivity index (χ1n) is 6.16. The van der Waals surface area contributed by atoms with Gasteiger partial charge >= 0.3 is 5.97 Å². The van der Waals surface area contributed by atoms with Gasteiger partial charge in [0.05, 0.1) is 7.11 Å². The maximum atomic E-state index is 11.3. The molecule has 3 nitrogen and oxygen atoms in total. The van der Waals surface area contributed by atoms with Gasteiger partial charge in [0, 0.05) is 16.3 Å². The highest BCUT2D eigenvalue weighted by Gasteiger charge is 2.12. The van der Waals surface area contributed by atoms with Gasteiger partial charge in [-0.25, -0.2) is 0 Å². The number of methoxy groups -OCH3 is 1. The van der Waals surface area contributed by atoms with E-state index in [4.69, 9.17) is 0 Å². The Morgan fingerprint density at radius 3 is 2.68 bits per heavy atom. The molecule has 0 saturated heterocycles. The average molecular weight is 275 g/mol. The molecule has 1 N–H and O–H groups in total. The van der Waals surface area contributed by atoms with Gasteiger partial charge in [-0.2, -0.15) is 0 Å². The second-order valence-corrected chi connectivity index (χ2v) is 5.43. The fourth-order valence-electron chi connectivity index (χ4n) is 1.74. The first-order chi connectivity index (χ1) is 9.20. The van der Waals surface area contributed by atoms with Crippen LogP contribution in [-0.4, -0.2) is 19.1 Å². The van der Waals surface area contributed by atoms with Crippen LogP contribution < -0.4 is 5.32 Å². The number of benzene rings is 1. The largest absolute Gasteiger partial charge is 0.468 e. The molecule has 1 atom stereocenters. The fraction of sp³-hybridized carbons (Fsp3) is 0.267. The van der Waals surface area contributed by atoms with Gasteiger partial charge < -0.3 is 4.74 Å². The van der Waals surface area contributed by atoms with E-state index in [1.807, 2.05) is 18.2 Å². The van der Waals surface area contributed by atoms with Crippen molar-refractivity contribution in [2.24, 2.45) is 0 Å². The molecule has 1 heterocycles. The minimum atomic E-state index is -0.285. The summed E-state index contributed by atoms with van der Waals surface area (Å²) in [5, 5.41) is 3.15. The van der Waals surface area contributed by atoms with Crippen LogP contribution in [0.3, 0.4) is 0 Å². The zero-order chi connectivity index (χ0) is 13.7. The van der Waals surface area contributed by atoms with Gasteiger partial charge in [0.15, 0.2) is 0 Å². The number of hydrogen-bond acceptors (Lipinski definition) is 4. The predicted octanol–water partition coefficient (Wildman–Crippen LogP) is 3.07. The summed E-state index contributed by atoms with van der Waals surface area (Å²) >= 11 is 1.73. The number of hydrogen-bond donors (Lipinski definition) is 1. The normalized spacial score (nSPS) is 12.1. The smallest absolute Gasteiger partial charge is 0.322 e. The minimum Gasteiger partial charge on any atom is -0.468 e. The Labute approximate surface area is 117 Å². The zero-order valence-corrected chi connectivity index (χ0v) is 11.9. The number of rotatable bonds is 5. The van der Waals surface area contributed by atoms with Crippen molar-refractivity contribution in [1.29, 1.82) is 0 Å². The van der Waals surface area contributed by atoms with E-state index in [0.29, 0.717) is 6.54 Å². The lowest BCUT2D eigenvalue weighted by Crippen LogP contribution is -2.34. The number of carbonyl (C=O) groups excluding carboxylic acids is 1. The topological polar surface area (TPSA) is 38.3 Å². The maximum absolute atomic E-state index is 11.3. The lowest BCUT2D eigenvalue weighted by molar-refractivity contribution is -0.142. The molecule has 2 aromatic rings. The van der Waals surface area contributed by atoms with Crippen molar-refractivity contribution in [2.75, 3.05) is 7.11 Å². The molecule has 1 aromatic carbocycles. The van der Waals surface area contributed by atoms with E-state index >= 15 is 0 Å². The molecule has 1 unspecified atom stereocenters. The van der Waals surface area contributed by atoms with E-state index < -0.39 is 0 Å². The molecule has 0 aliphatic heterocycles. The highest BCUT2D eigenvalue weighted by molar-refractivity contribution is 7.15. The van der Waals surface area contributed by atoms with Crippen molar-refractivity contribution in [3.8, 4) is 10.4 Å². The summed E-state index contributed by atoms with van der Waals surface area (Å²) in [6.07, 6.45) is 0. The highest BCUT2D eigenvalue weighted by Crippen LogP contribution is 2.27. The lowest BCUT2D eigenvalue weighted by atomic mass is 10.2. The van der Waals surface area contributed by atoms with Crippen molar-refractivity contribution in [3.63, 3.8) is 0 Å². The van der Waals surface area contributed by atoms with E-state index in [9.17, 15) is 4.79 Å². The van der Waals surface area contributed by atoms with Crippen LogP contribution in [0.4, 0.5) is 0 Å². The molecule has 0 aliphatic carbocycles. The van der Waals surface area contributed by atoms with Crippen LogP contribution in [0.15, 0.2) is 42.5 Å². The Balaban J connectivity index is 1.97. The molecule has 4 heteroatoms. The molecule has 2 rings (SSSR count). The van der Waals surface area contributed by atoms with Gasteiger partial charge in [-0.3, -0.25) is 10.1 Å². The van der Waals surface area contributed by atoms with Crippen molar-refractivity contribution in [3.05, 3.63) is 47.3 Å². The van der Waals surface area contributed by atoms with Crippen LogP contribution in [0.5, 0.6) is 0 Å². The van der Waals surface area contributed by atoms with E-state index in [0.717, 1.165) is 0 Å². The zero-order valence-electron chi connectivity index (χ0n) is 11.1. The van der Waals surface area contributed by atoms with Crippen LogP contribution in [-0.2, 0) is 16.1 Å². The maximum Gasteiger partial charge on any atom is 0.322 e. The third-order valence-corrected chi connectivity index (χ3v) is 3.99. The molecular formula is C15H17NO2S. The van der Waals surface area contributed by atoms with Gasteiger partial charge in [-0.15, -0.1) is 11.3 Å². The van der Waals surface area contributed by atoms with E-state index in [-0.39, 0.29) is 12.0 Å². The summed E-state index contributed by atoms with van der Waals surface area (Å²) in [5.74, 6) is -0.236. The summed E-state index contributed by atoms with van der Waals surface area (Å²) in [4.78, 5) is 13.7. The van der Waals surface area contributed by atoms with Crippen LogP contribution in [0.25, 0.3) is 10.4 Å². The number of esters is 1. The Hall–Kier alpha value is -1.65. The predicted molar refractivity (Wildman–Crippen MR) is 78.1 cm³/mol. The molecule has 0 aliphatic rings. The summed E-state index contributed by atoms with van der Waals surface area (Å²) in [5.41, 5.74) is 1.22. The number of ether oxygens (including phenoxy) is 1. The van der Waals surface area contributed by atoms with Crippen LogP contribution in [0, 0.1) is 0 Å². The standard InChI is InChI=1S/C15H17NO2S/c1-11(15(17)18-2)16-10-13-8-9-14(19-13)12-6-4-3-5-7-12/h3-9,11,16H,10H2,1-2H3. The van der Waals surface area contributed by atoms with Crippen molar-refractivity contribution >= 4 is 17.3 Å². The molecule has 19 heavy (non-hydrogen) atoms. The lowest BCUT2D eigenvalue weighted by Gasteiger charge is -2.09. The third kappa shape index (κ3) is 3.66. The van der Waals surface area contributed by atoms with Crippen molar-refractivity contribution in [2.45, 2.75) is 19.5 Å². The van der Waals surface area contributed by atoms with Crippen LogP contribution in [0.1, 0.15) is 11.8 Å². The Morgan fingerprint density at radius 1 is 1.26 bits per heavy atom. The summed E-state index contributed by atoms with van der Waals surface area (Å²) < 4.78 is 4.68. The van der Waals surface area contributed by atoms with Gasteiger partial charge in [0.2, 0.25) is 0 Å². The van der Waals surface area contributed by atoms with Crippen molar-refractivity contribution in [1.82, 2.24) is 5.32 Å². The second-order valence-electron chi connectivity index (χ2n) is 4.26. The molecule has 0 fully saturated rings. The molecule has 100 valence electrons. The van der Waals surface area contributed by atoms with Crippen LogP contribution >= 0.6 is 11.3 Å². The number of carbonyl (C=O) groups is 1. The first kappa shape index (κ1) is 13.8. The van der Waals surface area contributed by atoms with Gasteiger partial charge in [-0.1, -0.05) is 30.3 Å². The average Bonchev–Trinajstić information content (AvgIpc) is 2.93. The first-order valence-corrected chi connectivity index (χ1v) is 6.97. The number of thiophene rings is 1. The molecule has 0 amide bonds. The third-order valence-electron chi connectivity index (χ3n) is 2.86. The quantitative estimate of drug-likeness (QED) is 0.852. The number of nitrogens with one attached hydrogen (secondary N) is 1. The molecule has 0 radical (unpaired) electrons. The molecular weight excluding hydrogens is 258 g/mol. The summed E-state index contributed by atoms with van der Waals surface area (Å²) in [7, 11) is 1.40. The molecule has 0 saturated carbocycles. The Bertz CT molecular complexity index is 536. The highest BCUT2D eigenvalue weighted by atomic mass is 32.1. The van der Waals surface area contributed by atoms with Crippen LogP contribution in [0.2, 0.25) is 0 Å².